The smallest absolute Gasteiger partial charge is 0.0374 e. The predicted octanol–water partition coefficient (Wildman–Crippen LogP) is 3.42. The lowest BCUT2D eigenvalue weighted by atomic mass is 10.0. The summed E-state index contributed by atoms with van der Waals surface area (Å²) in [5.41, 5.74) is 4.25. The molecule has 0 bridgehead atoms. The molecule has 1 aromatic rings. The van der Waals surface area contributed by atoms with Gasteiger partial charge in [-0.05, 0) is 49.4 Å². The number of hydrogen-bond donors (Lipinski definition) is 1. The molecule has 92 valence electrons. The number of nitrogens with zero attached hydrogens (tertiary/aromatic N) is 1. The highest BCUT2D eigenvalue weighted by Gasteiger charge is 2.20. The molecular formula is C15H22N2. The van der Waals surface area contributed by atoms with Crippen molar-refractivity contribution in [2.75, 3.05) is 23.8 Å². The van der Waals surface area contributed by atoms with E-state index >= 15 is 0 Å². The van der Waals surface area contributed by atoms with Gasteiger partial charge in [-0.2, -0.15) is 0 Å². The summed E-state index contributed by atoms with van der Waals surface area (Å²) in [5, 5.41) is 3.48. The zero-order valence-electron chi connectivity index (χ0n) is 10.7. The van der Waals surface area contributed by atoms with E-state index in [-0.39, 0.29) is 0 Å². The van der Waals surface area contributed by atoms with E-state index in [1.54, 1.807) is 0 Å². The highest BCUT2D eigenvalue weighted by Crippen LogP contribution is 2.31. The molecule has 0 unspecified atom stereocenters. The summed E-state index contributed by atoms with van der Waals surface area (Å²) in [5.74, 6) is 0. The van der Waals surface area contributed by atoms with Gasteiger partial charge in [-0.25, -0.2) is 0 Å². The minimum absolute atomic E-state index is 0.768. The summed E-state index contributed by atoms with van der Waals surface area (Å²) in [4.78, 5) is 2.49. The van der Waals surface area contributed by atoms with Gasteiger partial charge in [0.05, 0.1) is 0 Å². The van der Waals surface area contributed by atoms with Crippen LogP contribution in [0.5, 0.6) is 0 Å². The third-order valence-corrected chi connectivity index (χ3v) is 4.31. The van der Waals surface area contributed by atoms with Gasteiger partial charge in [0.1, 0.15) is 0 Å². The summed E-state index contributed by atoms with van der Waals surface area (Å²) in [6.45, 7) is 1.13. The van der Waals surface area contributed by atoms with Crippen LogP contribution in [0.25, 0.3) is 0 Å². The number of rotatable bonds is 2. The second-order valence-corrected chi connectivity index (χ2v) is 5.42. The van der Waals surface area contributed by atoms with E-state index in [1.807, 2.05) is 0 Å². The predicted molar refractivity (Wildman–Crippen MR) is 73.9 cm³/mol. The molecule has 1 N–H and O–H groups in total. The summed E-state index contributed by atoms with van der Waals surface area (Å²) < 4.78 is 0. The average Bonchev–Trinajstić information content (AvgIpc) is 2.91. The van der Waals surface area contributed by atoms with Gasteiger partial charge in [-0.1, -0.05) is 12.8 Å². The molecule has 2 nitrogen and oxygen atoms in total. The van der Waals surface area contributed by atoms with Gasteiger partial charge in [-0.3, -0.25) is 0 Å². The topological polar surface area (TPSA) is 15.3 Å². The Bertz CT molecular complexity index is 394. The lowest BCUT2D eigenvalue weighted by Gasteiger charge is -2.28. The number of benzene rings is 1. The van der Waals surface area contributed by atoms with E-state index < -0.39 is 0 Å². The Balaban J connectivity index is 1.82. The van der Waals surface area contributed by atoms with Gasteiger partial charge in [0, 0.05) is 31.0 Å². The number of anilines is 2. The van der Waals surface area contributed by atoms with Crippen LogP contribution in [0.1, 0.15) is 37.7 Å². The van der Waals surface area contributed by atoms with Crippen LogP contribution in [0, 0.1) is 0 Å². The normalized spacial score (nSPS) is 19.8. The standard InChI is InChI=1S/C15H22N2/c1-17(13-6-2-3-7-13)14-8-9-15-12(11-14)5-4-10-16-15/h8-9,11,13,16H,2-7,10H2,1H3. The van der Waals surface area contributed by atoms with E-state index in [9.17, 15) is 0 Å². The van der Waals surface area contributed by atoms with Crippen molar-refractivity contribution in [3.63, 3.8) is 0 Å². The van der Waals surface area contributed by atoms with Crippen LogP contribution in [0.3, 0.4) is 0 Å². The largest absolute Gasteiger partial charge is 0.385 e. The lowest BCUT2D eigenvalue weighted by Crippen LogP contribution is -2.29. The van der Waals surface area contributed by atoms with Crippen LogP contribution in [-0.2, 0) is 6.42 Å². The molecule has 1 fully saturated rings. The summed E-state index contributed by atoms with van der Waals surface area (Å²) in [6.07, 6.45) is 8.04. The Hall–Kier alpha value is -1.18. The fourth-order valence-electron chi connectivity index (χ4n) is 3.18. The molecule has 1 heterocycles. The quantitative estimate of drug-likeness (QED) is 0.837. The molecule has 0 radical (unpaired) electrons. The molecule has 0 saturated heterocycles. The first-order valence-electron chi connectivity index (χ1n) is 6.94. The maximum Gasteiger partial charge on any atom is 0.0374 e. The van der Waals surface area contributed by atoms with Crippen molar-refractivity contribution >= 4 is 11.4 Å². The summed E-state index contributed by atoms with van der Waals surface area (Å²) >= 11 is 0. The Morgan fingerprint density at radius 1 is 1.18 bits per heavy atom. The van der Waals surface area contributed by atoms with Crippen molar-refractivity contribution in [1.29, 1.82) is 0 Å². The van der Waals surface area contributed by atoms with Gasteiger partial charge < -0.3 is 10.2 Å². The van der Waals surface area contributed by atoms with Crippen LogP contribution in [0.15, 0.2) is 18.2 Å². The van der Waals surface area contributed by atoms with Crippen LogP contribution in [0.4, 0.5) is 11.4 Å². The molecule has 17 heavy (non-hydrogen) atoms. The first kappa shape index (κ1) is 10.9. The Morgan fingerprint density at radius 3 is 2.82 bits per heavy atom. The molecule has 1 aromatic carbocycles. The zero-order valence-corrected chi connectivity index (χ0v) is 10.7. The van der Waals surface area contributed by atoms with E-state index in [0.717, 1.165) is 12.6 Å². The molecular weight excluding hydrogens is 208 g/mol. The minimum Gasteiger partial charge on any atom is -0.385 e. The number of aryl methyl sites for hydroxylation is 1. The van der Waals surface area contributed by atoms with Crippen LogP contribution in [0.2, 0.25) is 0 Å². The van der Waals surface area contributed by atoms with Crippen molar-refractivity contribution in [3.8, 4) is 0 Å². The van der Waals surface area contributed by atoms with Gasteiger partial charge in [0.25, 0.3) is 0 Å². The first-order valence-corrected chi connectivity index (χ1v) is 6.94. The molecule has 0 spiro atoms. The number of fused-ring (bicyclic) bond motifs is 1. The van der Waals surface area contributed by atoms with Gasteiger partial charge in [0.2, 0.25) is 0 Å². The Kier molecular flexibility index (Phi) is 2.96. The lowest BCUT2D eigenvalue weighted by molar-refractivity contribution is 0.652. The Morgan fingerprint density at radius 2 is 2.00 bits per heavy atom. The van der Waals surface area contributed by atoms with Gasteiger partial charge in [-0.15, -0.1) is 0 Å². The van der Waals surface area contributed by atoms with Gasteiger partial charge >= 0.3 is 0 Å². The van der Waals surface area contributed by atoms with E-state index in [2.05, 4.69) is 35.5 Å². The molecule has 2 heteroatoms. The fraction of sp³-hybridized carbons (Fsp3) is 0.600. The van der Waals surface area contributed by atoms with Crippen molar-refractivity contribution in [2.24, 2.45) is 0 Å². The highest BCUT2D eigenvalue weighted by atomic mass is 15.1. The molecule has 1 aliphatic heterocycles. The molecule has 0 atom stereocenters. The molecule has 1 saturated carbocycles. The van der Waals surface area contributed by atoms with Crippen molar-refractivity contribution in [2.45, 2.75) is 44.6 Å². The average molecular weight is 230 g/mol. The summed E-state index contributed by atoms with van der Waals surface area (Å²) in [6, 6.07) is 7.69. The Labute approximate surface area is 104 Å². The molecule has 1 aliphatic carbocycles. The van der Waals surface area contributed by atoms with E-state index in [1.165, 1.54) is 55.5 Å². The first-order chi connectivity index (χ1) is 8.34. The molecule has 0 amide bonds. The molecule has 2 aliphatic rings. The van der Waals surface area contributed by atoms with Crippen LogP contribution < -0.4 is 10.2 Å². The number of nitrogens with one attached hydrogen (secondary N) is 1. The van der Waals surface area contributed by atoms with Crippen molar-refractivity contribution in [3.05, 3.63) is 23.8 Å². The zero-order chi connectivity index (χ0) is 11.7. The SMILES string of the molecule is CN(c1ccc2c(c1)CCCN2)C1CCCC1. The van der Waals surface area contributed by atoms with Crippen LogP contribution in [-0.4, -0.2) is 19.6 Å². The van der Waals surface area contributed by atoms with Crippen molar-refractivity contribution < 1.29 is 0 Å². The van der Waals surface area contributed by atoms with Gasteiger partial charge in [0.15, 0.2) is 0 Å². The van der Waals surface area contributed by atoms with Crippen LogP contribution >= 0.6 is 0 Å². The molecule has 3 rings (SSSR count). The van der Waals surface area contributed by atoms with E-state index in [4.69, 9.17) is 0 Å². The third kappa shape index (κ3) is 2.13. The fourth-order valence-corrected chi connectivity index (χ4v) is 3.18. The van der Waals surface area contributed by atoms with E-state index in [0.29, 0.717) is 0 Å². The maximum absolute atomic E-state index is 3.48. The second-order valence-electron chi connectivity index (χ2n) is 5.42. The summed E-state index contributed by atoms with van der Waals surface area (Å²) in [7, 11) is 2.26. The third-order valence-electron chi connectivity index (χ3n) is 4.31. The molecule has 0 aromatic heterocycles. The highest BCUT2D eigenvalue weighted by molar-refractivity contribution is 5.61. The minimum atomic E-state index is 0.768. The maximum atomic E-state index is 3.48. The second kappa shape index (κ2) is 4.59. The monoisotopic (exact) mass is 230 g/mol. The van der Waals surface area contributed by atoms with Crippen molar-refractivity contribution in [1.82, 2.24) is 0 Å². The number of hydrogen-bond acceptors (Lipinski definition) is 2.